The van der Waals surface area contributed by atoms with E-state index >= 15 is 0 Å². The molecule has 2 N–H and O–H groups in total. The summed E-state index contributed by atoms with van der Waals surface area (Å²) < 4.78 is 6.23. The molecule has 0 aliphatic heterocycles. The van der Waals surface area contributed by atoms with Crippen molar-refractivity contribution in [3.8, 4) is 0 Å². The summed E-state index contributed by atoms with van der Waals surface area (Å²) in [5.41, 5.74) is 7.86. The molecule has 1 aromatic carbocycles. The van der Waals surface area contributed by atoms with E-state index in [-0.39, 0.29) is 5.60 Å². The van der Waals surface area contributed by atoms with E-state index in [4.69, 9.17) is 10.5 Å². The van der Waals surface area contributed by atoms with Crippen LogP contribution < -0.4 is 5.73 Å². The molecule has 1 aliphatic rings. The fourth-order valence-electron chi connectivity index (χ4n) is 3.15. The van der Waals surface area contributed by atoms with Gasteiger partial charge in [0.15, 0.2) is 0 Å². The molecule has 2 rings (SSSR count). The van der Waals surface area contributed by atoms with E-state index in [9.17, 15) is 0 Å². The molecule has 2 heteroatoms. The maximum atomic E-state index is 6.23. The minimum atomic E-state index is -0.0394. The highest BCUT2D eigenvalue weighted by Gasteiger charge is 2.37. The molecule has 1 fully saturated rings. The lowest BCUT2D eigenvalue weighted by atomic mass is 9.71. The summed E-state index contributed by atoms with van der Waals surface area (Å²) in [7, 11) is 0. The van der Waals surface area contributed by atoms with Crippen LogP contribution in [0.2, 0.25) is 0 Å². The van der Waals surface area contributed by atoms with Crippen molar-refractivity contribution in [3.05, 3.63) is 35.9 Å². The third-order valence-electron chi connectivity index (χ3n) is 5.00. The quantitative estimate of drug-likeness (QED) is 0.759. The second kappa shape index (κ2) is 7.42. The van der Waals surface area contributed by atoms with Crippen LogP contribution in [-0.4, -0.2) is 18.8 Å². The van der Waals surface area contributed by atoms with Gasteiger partial charge in [0, 0.05) is 13.2 Å². The zero-order chi connectivity index (χ0) is 15.2. The number of rotatable bonds is 7. The fourth-order valence-corrected chi connectivity index (χ4v) is 3.15. The van der Waals surface area contributed by atoms with Gasteiger partial charge >= 0.3 is 0 Å². The fraction of sp³-hybridized carbons (Fsp3) is 0.684. The van der Waals surface area contributed by atoms with Crippen molar-refractivity contribution >= 4 is 0 Å². The van der Waals surface area contributed by atoms with Crippen LogP contribution in [0.5, 0.6) is 0 Å². The van der Waals surface area contributed by atoms with Crippen LogP contribution in [0.1, 0.15) is 57.9 Å². The largest absolute Gasteiger partial charge is 0.374 e. The standard InChI is InChI=1S/C19H31NO/c1-18(2)11-13-19(16-20,14-12-18)21-15-7-6-10-17-8-4-3-5-9-17/h3-5,8-9H,6-7,10-16,20H2,1-2H3. The molecule has 0 heterocycles. The summed E-state index contributed by atoms with van der Waals surface area (Å²) in [6, 6.07) is 10.7. The van der Waals surface area contributed by atoms with Gasteiger partial charge in [0.25, 0.3) is 0 Å². The molecule has 1 aromatic rings. The van der Waals surface area contributed by atoms with E-state index in [0.29, 0.717) is 12.0 Å². The van der Waals surface area contributed by atoms with E-state index in [1.54, 1.807) is 0 Å². The van der Waals surface area contributed by atoms with Crippen molar-refractivity contribution in [1.82, 2.24) is 0 Å². The van der Waals surface area contributed by atoms with E-state index in [0.717, 1.165) is 32.3 Å². The molecule has 1 aliphatic carbocycles. The van der Waals surface area contributed by atoms with Gasteiger partial charge in [0.2, 0.25) is 0 Å². The highest BCUT2D eigenvalue weighted by atomic mass is 16.5. The minimum Gasteiger partial charge on any atom is -0.374 e. The molecule has 0 spiro atoms. The SMILES string of the molecule is CC1(C)CCC(CN)(OCCCCc2ccccc2)CC1. The molecule has 0 amide bonds. The lowest BCUT2D eigenvalue weighted by molar-refractivity contribution is -0.0821. The molecule has 0 aromatic heterocycles. The molecule has 0 saturated heterocycles. The van der Waals surface area contributed by atoms with Crippen molar-refractivity contribution in [1.29, 1.82) is 0 Å². The number of nitrogens with two attached hydrogens (primary N) is 1. The van der Waals surface area contributed by atoms with Gasteiger partial charge in [-0.15, -0.1) is 0 Å². The summed E-state index contributed by atoms with van der Waals surface area (Å²) in [5, 5.41) is 0. The number of ether oxygens (including phenoxy) is 1. The molecule has 118 valence electrons. The van der Waals surface area contributed by atoms with Gasteiger partial charge in [-0.2, -0.15) is 0 Å². The van der Waals surface area contributed by atoms with E-state index in [2.05, 4.69) is 44.2 Å². The molecule has 0 atom stereocenters. The van der Waals surface area contributed by atoms with Crippen molar-refractivity contribution < 1.29 is 4.74 Å². The van der Waals surface area contributed by atoms with Gasteiger partial charge in [0.1, 0.15) is 0 Å². The maximum Gasteiger partial charge on any atom is 0.0804 e. The molecule has 21 heavy (non-hydrogen) atoms. The zero-order valence-corrected chi connectivity index (χ0v) is 13.7. The molecular weight excluding hydrogens is 258 g/mol. The van der Waals surface area contributed by atoms with Crippen LogP contribution in [-0.2, 0) is 11.2 Å². The molecular formula is C19H31NO. The first-order valence-electron chi connectivity index (χ1n) is 8.43. The van der Waals surface area contributed by atoms with E-state index < -0.39 is 0 Å². The predicted octanol–water partition coefficient (Wildman–Crippen LogP) is 4.32. The number of hydrogen-bond acceptors (Lipinski definition) is 2. The zero-order valence-electron chi connectivity index (χ0n) is 13.7. The van der Waals surface area contributed by atoms with E-state index in [1.807, 2.05) is 0 Å². The summed E-state index contributed by atoms with van der Waals surface area (Å²) in [6.07, 6.45) is 8.16. The summed E-state index contributed by atoms with van der Waals surface area (Å²) >= 11 is 0. The summed E-state index contributed by atoms with van der Waals surface area (Å²) in [5.74, 6) is 0. The summed E-state index contributed by atoms with van der Waals surface area (Å²) in [4.78, 5) is 0. The van der Waals surface area contributed by atoms with Crippen molar-refractivity contribution in [3.63, 3.8) is 0 Å². The Hall–Kier alpha value is -0.860. The van der Waals surface area contributed by atoms with Crippen molar-refractivity contribution in [2.45, 2.75) is 64.4 Å². The lowest BCUT2D eigenvalue weighted by Gasteiger charge is -2.42. The topological polar surface area (TPSA) is 35.2 Å². The Bertz CT molecular complexity index is 403. The smallest absolute Gasteiger partial charge is 0.0804 e. The van der Waals surface area contributed by atoms with Crippen molar-refractivity contribution in [2.24, 2.45) is 11.1 Å². The highest BCUT2D eigenvalue weighted by molar-refractivity contribution is 5.14. The molecule has 0 unspecified atom stereocenters. The third-order valence-corrected chi connectivity index (χ3v) is 5.00. The van der Waals surface area contributed by atoms with Crippen LogP contribution in [0.3, 0.4) is 0 Å². The van der Waals surface area contributed by atoms with E-state index in [1.165, 1.54) is 24.8 Å². The van der Waals surface area contributed by atoms with Gasteiger partial charge in [-0.1, -0.05) is 44.2 Å². The Morgan fingerprint density at radius 1 is 1.00 bits per heavy atom. The van der Waals surface area contributed by atoms with Gasteiger partial charge in [-0.25, -0.2) is 0 Å². The van der Waals surface area contributed by atoms with Crippen LogP contribution in [0, 0.1) is 5.41 Å². The summed E-state index contributed by atoms with van der Waals surface area (Å²) in [6.45, 7) is 6.23. The number of hydrogen-bond donors (Lipinski definition) is 1. The highest BCUT2D eigenvalue weighted by Crippen LogP contribution is 2.41. The molecule has 2 nitrogen and oxygen atoms in total. The Labute approximate surface area is 130 Å². The first-order chi connectivity index (χ1) is 10.1. The Morgan fingerprint density at radius 2 is 1.67 bits per heavy atom. The Balaban J connectivity index is 1.67. The molecule has 0 bridgehead atoms. The van der Waals surface area contributed by atoms with Gasteiger partial charge in [-0.3, -0.25) is 0 Å². The van der Waals surface area contributed by atoms with Crippen LogP contribution in [0.4, 0.5) is 0 Å². The first kappa shape index (κ1) is 16.5. The second-order valence-electron chi connectivity index (χ2n) is 7.34. The van der Waals surface area contributed by atoms with Crippen LogP contribution in [0.25, 0.3) is 0 Å². The molecule has 0 radical (unpaired) electrons. The van der Waals surface area contributed by atoms with Gasteiger partial charge < -0.3 is 10.5 Å². The van der Waals surface area contributed by atoms with Crippen molar-refractivity contribution in [2.75, 3.05) is 13.2 Å². The lowest BCUT2D eigenvalue weighted by Crippen LogP contribution is -2.45. The third kappa shape index (κ3) is 5.12. The number of benzene rings is 1. The van der Waals surface area contributed by atoms with Gasteiger partial charge in [-0.05, 0) is 55.9 Å². The minimum absolute atomic E-state index is 0.0394. The molecule has 1 saturated carbocycles. The van der Waals surface area contributed by atoms with Crippen LogP contribution in [0.15, 0.2) is 30.3 Å². The first-order valence-corrected chi connectivity index (χ1v) is 8.43. The average molecular weight is 289 g/mol. The number of aryl methyl sites for hydroxylation is 1. The average Bonchev–Trinajstić information content (AvgIpc) is 2.50. The van der Waals surface area contributed by atoms with Gasteiger partial charge in [0.05, 0.1) is 5.60 Å². The predicted molar refractivity (Wildman–Crippen MR) is 89.4 cm³/mol. The monoisotopic (exact) mass is 289 g/mol. The Kier molecular flexibility index (Phi) is 5.83. The Morgan fingerprint density at radius 3 is 2.29 bits per heavy atom. The second-order valence-corrected chi connectivity index (χ2v) is 7.34. The normalized spacial score (nSPS) is 20.3. The van der Waals surface area contributed by atoms with Crippen LogP contribution >= 0.6 is 0 Å². The number of unbranched alkanes of at least 4 members (excludes halogenated alkanes) is 1. The maximum absolute atomic E-state index is 6.23.